The van der Waals surface area contributed by atoms with Gasteiger partial charge in [0.25, 0.3) is 0 Å². The molecule has 2 aliphatic heterocycles. The van der Waals surface area contributed by atoms with E-state index < -0.39 is 0 Å². The van der Waals surface area contributed by atoms with Crippen molar-refractivity contribution in [3.05, 3.63) is 29.8 Å². The molecule has 1 saturated heterocycles. The maximum atomic E-state index is 12.7. The number of carbonyl (C=O) groups is 1. The number of hydrogen-bond donors (Lipinski definition) is 1. The molecule has 4 nitrogen and oxygen atoms in total. The van der Waals surface area contributed by atoms with Gasteiger partial charge in [0.1, 0.15) is 5.75 Å². The normalized spacial score (nSPS) is 23.1. The number of carbonyl (C=O) groups excluding carboxylic acids is 1. The summed E-state index contributed by atoms with van der Waals surface area (Å²) in [6, 6.07) is 7.84. The minimum atomic E-state index is -0.0642. The van der Waals surface area contributed by atoms with Crippen LogP contribution in [0.15, 0.2) is 24.3 Å². The van der Waals surface area contributed by atoms with Crippen molar-refractivity contribution in [1.82, 2.24) is 4.90 Å². The Bertz CT molecular complexity index is 480. The summed E-state index contributed by atoms with van der Waals surface area (Å²) in [5.41, 5.74) is 1.02. The molecule has 0 aliphatic carbocycles. The zero-order chi connectivity index (χ0) is 13.9. The fourth-order valence-corrected chi connectivity index (χ4v) is 3.15. The molecule has 0 radical (unpaired) electrons. The Kier molecular flexibility index (Phi) is 3.92. The number of rotatable bonds is 2. The fraction of sp³-hybridized carbons (Fsp3) is 0.562. The van der Waals surface area contributed by atoms with Gasteiger partial charge in [0, 0.05) is 25.3 Å². The maximum Gasteiger partial charge on any atom is 0.230 e. The first kappa shape index (κ1) is 13.4. The van der Waals surface area contributed by atoms with Crippen molar-refractivity contribution in [1.29, 1.82) is 0 Å². The molecule has 20 heavy (non-hydrogen) atoms. The van der Waals surface area contributed by atoms with Gasteiger partial charge >= 0.3 is 0 Å². The summed E-state index contributed by atoms with van der Waals surface area (Å²) in [5.74, 6) is 1.37. The number of aliphatic hydroxyl groups excluding tert-OH is 1. The third-order valence-electron chi connectivity index (χ3n) is 4.44. The molecule has 2 heterocycles. The molecule has 1 aromatic carbocycles. The topological polar surface area (TPSA) is 49.8 Å². The van der Waals surface area contributed by atoms with E-state index in [1.54, 1.807) is 0 Å². The molecule has 0 bridgehead atoms. The number of piperidine rings is 1. The molecule has 0 spiro atoms. The van der Waals surface area contributed by atoms with Crippen LogP contribution < -0.4 is 4.74 Å². The molecule has 0 saturated carbocycles. The van der Waals surface area contributed by atoms with Crippen LogP contribution in [-0.4, -0.2) is 42.2 Å². The summed E-state index contributed by atoms with van der Waals surface area (Å²) in [5, 5.41) is 9.17. The van der Waals surface area contributed by atoms with Crippen LogP contribution in [0.4, 0.5) is 0 Å². The van der Waals surface area contributed by atoms with E-state index in [1.165, 1.54) is 0 Å². The predicted molar refractivity (Wildman–Crippen MR) is 75.7 cm³/mol. The molecule has 4 heteroatoms. The highest BCUT2D eigenvalue weighted by Gasteiger charge is 2.32. The van der Waals surface area contributed by atoms with Crippen molar-refractivity contribution in [3.63, 3.8) is 0 Å². The van der Waals surface area contributed by atoms with Crippen LogP contribution in [-0.2, 0) is 4.79 Å². The van der Waals surface area contributed by atoms with Crippen LogP contribution in [0, 0.1) is 5.92 Å². The predicted octanol–water partition coefficient (Wildman–Crippen LogP) is 1.78. The van der Waals surface area contributed by atoms with Crippen molar-refractivity contribution in [2.75, 3.05) is 26.3 Å². The number of likely N-dealkylation sites (tertiary alicyclic amines) is 1. The second-order valence-corrected chi connectivity index (χ2v) is 5.68. The van der Waals surface area contributed by atoms with Gasteiger partial charge in [0.2, 0.25) is 5.91 Å². The quantitative estimate of drug-likeness (QED) is 0.895. The SMILES string of the molecule is O=C(C1CCOc2ccccc21)N1CCC(CO)CC1. The van der Waals surface area contributed by atoms with E-state index in [2.05, 4.69) is 0 Å². The van der Waals surface area contributed by atoms with Gasteiger partial charge in [0.15, 0.2) is 0 Å². The molecule has 1 fully saturated rings. The lowest BCUT2D eigenvalue weighted by atomic mass is 9.90. The van der Waals surface area contributed by atoms with Crippen LogP contribution in [0.1, 0.15) is 30.7 Å². The highest BCUT2D eigenvalue weighted by atomic mass is 16.5. The second kappa shape index (κ2) is 5.83. The Morgan fingerprint density at radius 1 is 1.25 bits per heavy atom. The molecule has 2 aliphatic rings. The van der Waals surface area contributed by atoms with Gasteiger partial charge in [-0.05, 0) is 31.2 Å². The molecule has 3 rings (SSSR count). The smallest absolute Gasteiger partial charge is 0.230 e. The van der Waals surface area contributed by atoms with Crippen molar-refractivity contribution < 1.29 is 14.6 Å². The van der Waals surface area contributed by atoms with E-state index in [-0.39, 0.29) is 18.4 Å². The molecular weight excluding hydrogens is 254 g/mol. The van der Waals surface area contributed by atoms with E-state index >= 15 is 0 Å². The monoisotopic (exact) mass is 275 g/mol. The summed E-state index contributed by atoms with van der Waals surface area (Å²) in [7, 11) is 0. The summed E-state index contributed by atoms with van der Waals surface area (Å²) in [4.78, 5) is 14.7. The highest BCUT2D eigenvalue weighted by molar-refractivity contribution is 5.85. The molecule has 1 unspecified atom stereocenters. The molecule has 1 aromatic rings. The van der Waals surface area contributed by atoms with Crippen molar-refractivity contribution in [3.8, 4) is 5.75 Å². The van der Waals surface area contributed by atoms with Crippen LogP contribution in [0.5, 0.6) is 5.75 Å². The third-order valence-corrected chi connectivity index (χ3v) is 4.44. The number of para-hydroxylation sites is 1. The first-order valence-corrected chi connectivity index (χ1v) is 7.41. The number of nitrogens with zero attached hydrogens (tertiary/aromatic N) is 1. The average molecular weight is 275 g/mol. The van der Waals surface area contributed by atoms with Crippen molar-refractivity contribution in [2.24, 2.45) is 5.92 Å². The zero-order valence-corrected chi connectivity index (χ0v) is 11.6. The van der Waals surface area contributed by atoms with Crippen LogP contribution >= 0.6 is 0 Å². The molecule has 108 valence electrons. The standard InChI is InChI=1S/C16H21NO3/c18-11-12-5-8-17(9-6-12)16(19)14-7-10-20-15-4-2-1-3-13(14)15/h1-4,12,14,18H,5-11H2. The number of ether oxygens (including phenoxy) is 1. The lowest BCUT2D eigenvalue weighted by Gasteiger charge is -2.35. The maximum absolute atomic E-state index is 12.7. The molecule has 1 amide bonds. The Labute approximate surface area is 119 Å². The van der Waals surface area contributed by atoms with E-state index in [4.69, 9.17) is 4.74 Å². The minimum Gasteiger partial charge on any atom is -0.493 e. The van der Waals surface area contributed by atoms with Gasteiger partial charge in [-0.15, -0.1) is 0 Å². The largest absolute Gasteiger partial charge is 0.493 e. The first-order valence-electron chi connectivity index (χ1n) is 7.41. The Hall–Kier alpha value is -1.55. The number of amides is 1. The Morgan fingerprint density at radius 2 is 2.00 bits per heavy atom. The van der Waals surface area contributed by atoms with Gasteiger partial charge < -0.3 is 14.7 Å². The van der Waals surface area contributed by atoms with Crippen LogP contribution in [0.25, 0.3) is 0 Å². The summed E-state index contributed by atoms with van der Waals surface area (Å²) in [6.45, 7) is 2.38. The lowest BCUT2D eigenvalue weighted by Crippen LogP contribution is -2.42. The molecular formula is C16H21NO3. The first-order chi connectivity index (χ1) is 9.79. The van der Waals surface area contributed by atoms with Gasteiger partial charge in [-0.2, -0.15) is 0 Å². The summed E-state index contributed by atoms with van der Waals surface area (Å²) < 4.78 is 5.62. The highest BCUT2D eigenvalue weighted by Crippen LogP contribution is 2.35. The average Bonchev–Trinajstić information content (AvgIpc) is 2.54. The van der Waals surface area contributed by atoms with E-state index in [0.29, 0.717) is 12.5 Å². The third kappa shape index (κ3) is 2.52. The van der Waals surface area contributed by atoms with Crippen LogP contribution in [0.2, 0.25) is 0 Å². The van der Waals surface area contributed by atoms with E-state index in [0.717, 1.165) is 43.7 Å². The lowest BCUT2D eigenvalue weighted by molar-refractivity contribution is -0.135. The van der Waals surface area contributed by atoms with Crippen molar-refractivity contribution >= 4 is 5.91 Å². The molecule has 1 N–H and O–H groups in total. The molecule has 1 atom stereocenters. The number of aliphatic hydroxyl groups is 1. The van der Waals surface area contributed by atoms with Gasteiger partial charge in [0.05, 0.1) is 12.5 Å². The van der Waals surface area contributed by atoms with Gasteiger partial charge in [-0.3, -0.25) is 4.79 Å². The van der Waals surface area contributed by atoms with E-state index in [1.807, 2.05) is 29.2 Å². The zero-order valence-electron chi connectivity index (χ0n) is 11.6. The Balaban J connectivity index is 1.72. The number of benzene rings is 1. The fourth-order valence-electron chi connectivity index (χ4n) is 3.15. The summed E-state index contributed by atoms with van der Waals surface area (Å²) >= 11 is 0. The second-order valence-electron chi connectivity index (χ2n) is 5.68. The molecule has 0 aromatic heterocycles. The van der Waals surface area contributed by atoms with Crippen molar-refractivity contribution in [2.45, 2.75) is 25.2 Å². The Morgan fingerprint density at radius 3 is 2.75 bits per heavy atom. The number of fused-ring (bicyclic) bond motifs is 1. The van der Waals surface area contributed by atoms with Gasteiger partial charge in [-0.25, -0.2) is 0 Å². The van der Waals surface area contributed by atoms with Crippen LogP contribution in [0.3, 0.4) is 0 Å². The number of hydrogen-bond acceptors (Lipinski definition) is 3. The van der Waals surface area contributed by atoms with Gasteiger partial charge in [-0.1, -0.05) is 18.2 Å². The summed E-state index contributed by atoms with van der Waals surface area (Å²) in [6.07, 6.45) is 2.58. The minimum absolute atomic E-state index is 0.0642. The van der Waals surface area contributed by atoms with E-state index in [9.17, 15) is 9.90 Å².